The fourth-order valence-electron chi connectivity index (χ4n) is 3.43. The van der Waals surface area contributed by atoms with E-state index in [4.69, 9.17) is 4.74 Å². The number of hydrogen-bond acceptors (Lipinski definition) is 4. The van der Waals surface area contributed by atoms with Crippen molar-refractivity contribution < 1.29 is 14.3 Å². The van der Waals surface area contributed by atoms with Crippen molar-refractivity contribution in [1.82, 2.24) is 4.90 Å². The second kappa shape index (κ2) is 10.9. The Morgan fingerprint density at radius 3 is 2.31 bits per heavy atom. The molecule has 0 bridgehead atoms. The number of thioether (sulfide) groups is 1. The van der Waals surface area contributed by atoms with E-state index in [1.807, 2.05) is 66.5 Å². The monoisotopic (exact) mass is 412 g/mol. The first-order chi connectivity index (χ1) is 14.1. The third kappa shape index (κ3) is 6.82. The predicted octanol–water partition coefficient (Wildman–Crippen LogP) is 4.94. The lowest BCUT2D eigenvalue weighted by Crippen LogP contribution is -2.39. The third-order valence-corrected chi connectivity index (χ3v) is 6.01. The van der Waals surface area contributed by atoms with Gasteiger partial charge in [-0.25, -0.2) is 0 Å². The van der Waals surface area contributed by atoms with Gasteiger partial charge in [-0.3, -0.25) is 9.59 Å². The number of anilines is 1. The lowest BCUT2D eigenvalue weighted by atomic mass is 9.94. The van der Waals surface area contributed by atoms with Gasteiger partial charge in [0.1, 0.15) is 11.5 Å². The summed E-state index contributed by atoms with van der Waals surface area (Å²) in [5, 5.41) is 2.86. The van der Waals surface area contributed by atoms with Crippen molar-refractivity contribution in [3.05, 3.63) is 54.6 Å². The van der Waals surface area contributed by atoms with Crippen LogP contribution in [0.3, 0.4) is 0 Å². The Bertz CT molecular complexity index is 790. The van der Waals surface area contributed by atoms with E-state index >= 15 is 0 Å². The number of nitrogens with one attached hydrogen (secondary N) is 1. The van der Waals surface area contributed by atoms with Gasteiger partial charge in [0.25, 0.3) is 0 Å². The zero-order chi connectivity index (χ0) is 20.5. The Morgan fingerprint density at radius 1 is 0.966 bits per heavy atom. The Labute approximate surface area is 176 Å². The van der Waals surface area contributed by atoms with Crippen LogP contribution in [0, 0.1) is 0 Å². The first-order valence-electron chi connectivity index (χ1n) is 10.1. The fourth-order valence-corrected chi connectivity index (χ4v) is 4.17. The first kappa shape index (κ1) is 21.2. The summed E-state index contributed by atoms with van der Waals surface area (Å²) in [4.78, 5) is 26.4. The van der Waals surface area contributed by atoms with Crippen molar-refractivity contribution in [2.24, 2.45) is 0 Å². The summed E-state index contributed by atoms with van der Waals surface area (Å²) in [6, 6.07) is 17.2. The standard InChI is InChI=1S/C23H28N2O3S/c1-25(19-8-4-2-5-9-19)23(27)17-29-16-22(26)24-18-12-14-21(15-13-18)28-20-10-6-3-7-11-20/h3,6-7,10-15,19H,2,4-5,8-9,16-17H2,1H3,(H,24,26). The van der Waals surface area contributed by atoms with Crippen molar-refractivity contribution in [3.63, 3.8) is 0 Å². The highest BCUT2D eigenvalue weighted by molar-refractivity contribution is 8.00. The molecule has 1 saturated carbocycles. The molecule has 0 radical (unpaired) electrons. The number of hydrogen-bond donors (Lipinski definition) is 1. The van der Waals surface area contributed by atoms with E-state index in [-0.39, 0.29) is 17.6 Å². The molecule has 0 atom stereocenters. The largest absolute Gasteiger partial charge is 0.457 e. The Morgan fingerprint density at radius 2 is 1.62 bits per heavy atom. The van der Waals surface area contributed by atoms with Crippen molar-refractivity contribution in [2.45, 2.75) is 38.1 Å². The highest BCUT2D eigenvalue weighted by Gasteiger charge is 2.21. The van der Waals surface area contributed by atoms with Gasteiger partial charge in [-0.15, -0.1) is 11.8 Å². The molecular formula is C23H28N2O3S. The summed E-state index contributed by atoms with van der Waals surface area (Å²) in [7, 11) is 1.89. The number of para-hydroxylation sites is 1. The molecule has 1 fully saturated rings. The molecule has 1 N–H and O–H groups in total. The van der Waals surface area contributed by atoms with Crippen molar-refractivity contribution >= 4 is 29.3 Å². The normalized spacial score (nSPS) is 14.2. The number of ether oxygens (including phenoxy) is 1. The molecule has 0 unspecified atom stereocenters. The molecule has 29 heavy (non-hydrogen) atoms. The number of amides is 2. The Balaban J connectivity index is 1.38. The average Bonchev–Trinajstić information content (AvgIpc) is 2.76. The van der Waals surface area contributed by atoms with Gasteiger partial charge in [-0.05, 0) is 49.2 Å². The maximum atomic E-state index is 12.3. The van der Waals surface area contributed by atoms with Crippen LogP contribution in [0.5, 0.6) is 11.5 Å². The number of benzene rings is 2. The Hall–Kier alpha value is -2.47. The predicted molar refractivity (Wildman–Crippen MR) is 119 cm³/mol. The van der Waals surface area contributed by atoms with E-state index in [0.29, 0.717) is 23.2 Å². The van der Waals surface area contributed by atoms with Crippen LogP contribution in [0.2, 0.25) is 0 Å². The topological polar surface area (TPSA) is 58.6 Å². The lowest BCUT2D eigenvalue weighted by molar-refractivity contribution is -0.129. The number of carbonyl (C=O) groups excluding carboxylic acids is 2. The molecule has 5 nitrogen and oxygen atoms in total. The smallest absolute Gasteiger partial charge is 0.234 e. The molecule has 154 valence electrons. The molecular weight excluding hydrogens is 384 g/mol. The maximum Gasteiger partial charge on any atom is 0.234 e. The minimum absolute atomic E-state index is 0.108. The van der Waals surface area contributed by atoms with Crippen LogP contribution in [-0.4, -0.2) is 41.3 Å². The molecule has 0 aliphatic heterocycles. The van der Waals surface area contributed by atoms with Gasteiger partial charge in [0.2, 0.25) is 11.8 Å². The highest BCUT2D eigenvalue weighted by Crippen LogP contribution is 2.23. The van der Waals surface area contributed by atoms with Gasteiger partial charge in [-0.1, -0.05) is 37.5 Å². The molecule has 1 aliphatic carbocycles. The first-order valence-corrected chi connectivity index (χ1v) is 11.2. The van der Waals surface area contributed by atoms with Crippen molar-refractivity contribution in [3.8, 4) is 11.5 Å². The summed E-state index contributed by atoms with van der Waals surface area (Å²) >= 11 is 1.36. The maximum absolute atomic E-state index is 12.3. The molecule has 0 saturated heterocycles. The van der Waals surface area contributed by atoms with Crippen molar-refractivity contribution in [2.75, 3.05) is 23.9 Å². The highest BCUT2D eigenvalue weighted by atomic mass is 32.2. The van der Waals surface area contributed by atoms with Crippen LogP contribution in [0.4, 0.5) is 5.69 Å². The van der Waals surface area contributed by atoms with Gasteiger partial charge < -0.3 is 15.0 Å². The van der Waals surface area contributed by atoms with Gasteiger partial charge in [0, 0.05) is 18.8 Å². The van der Waals surface area contributed by atoms with E-state index in [1.165, 1.54) is 31.0 Å². The third-order valence-electron chi connectivity index (χ3n) is 5.09. The quantitative estimate of drug-likeness (QED) is 0.667. The van der Waals surface area contributed by atoms with Crippen LogP contribution in [0.25, 0.3) is 0 Å². The number of carbonyl (C=O) groups is 2. The van der Waals surface area contributed by atoms with Gasteiger partial charge in [0.05, 0.1) is 11.5 Å². The van der Waals surface area contributed by atoms with Crippen LogP contribution >= 0.6 is 11.8 Å². The molecule has 2 aromatic rings. The van der Waals surface area contributed by atoms with Crippen LogP contribution in [0.15, 0.2) is 54.6 Å². The van der Waals surface area contributed by atoms with E-state index in [2.05, 4.69) is 5.32 Å². The minimum Gasteiger partial charge on any atom is -0.457 e. The molecule has 6 heteroatoms. The molecule has 0 spiro atoms. The summed E-state index contributed by atoms with van der Waals surface area (Å²) in [5.74, 6) is 2.07. The van der Waals surface area contributed by atoms with Gasteiger partial charge in [-0.2, -0.15) is 0 Å². The zero-order valence-electron chi connectivity index (χ0n) is 16.8. The minimum atomic E-state index is -0.111. The van der Waals surface area contributed by atoms with Crippen LogP contribution in [-0.2, 0) is 9.59 Å². The summed E-state index contributed by atoms with van der Waals surface area (Å²) < 4.78 is 5.74. The average molecular weight is 413 g/mol. The zero-order valence-corrected chi connectivity index (χ0v) is 17.6. The van der Waals surface area contributed by atoms with Crippen LogP contribution < -0.4 is 10.1 Å². The summed E-state index contributed by atoms with van der Waals surface area (Å²) in [5.41, 5.74) is 0.710. The van der Waals surface area contributed by atoms with E-state index in [0.717, 1.165) is 18.6 Å². The second-order valence-electron chi connectivity index (χ2n) is 7.28. The SMILES string of the molecule is CN(C(=O)CSCC(=O)Nc1ccc(Oc2ccccc2)cc1)C1CCCCC1. The van der Waals surface area contributed by atoms with E-state index in [1.54, 1.807) is 0 Å². The van der Waals surface area contributed by atoms with Gasteiger partial charge in [0.15, 0.2) is 0 Å². The summed E-state index contributed by atoms with van der Waals surface area (Å²) in [6.45, 7) is 0. The molecule has 2 aromatic carbocycles. The Kier molecular flexibility index (Phi) is 7.99. The molecule has 0 aromatic heterocycles. The van der Waals surface area contributed by atoms with E-state index < -0.39 is 0 Å². The number of rotatable bonds is 8. The molecule has 3 rings (SSSR count). The molecule has 2 amide bonds. The van der Waals surface area contributed by atoms with E-state index in [9.17, 15) is 9.59 Å². The second-order valence-corrected chi connectivity index (χ2v) is 8.26. The molecule has 0 heterocycles. The van der Waals surface area contributed by atoms with Crippen LogP contribution in [0.1, 0.15) is 32.1 Å². The van der Waals surface area contributed by atoms with Gasteiger partial charge >= 0.3 is 0 Å². The lowest BCUT2D eigenvalue weighted by Gasteiger charge is -2.31. The summed E-state index contributed by atoms with van der Waals surface area (Å²) in [6.07, 6.45) is 5.86. The fraction of sp³-hybridized carbons (Fsp3) is 0.391. The van der Waals surface area contributed by atoms with Crippen molar-refractivity contribution in [1.29, 1.82) is 0 Å². The molecule has 1 aliphatic rings. The number of nitrogens with zero attached hydrogens (tertiary/aromatic N) is 1.